The average molecular weight is 321 g/mol. The summed E-state index contributed by atoms with van der Waals surface area (Å²) in [5.74, 6) is -1.76. The highest BCUT2D eigenvalue weighted by Gasteiger charge is 2.58. The van der Waals surface area contributed by atoms with Gasteiger partial charge < -0.3 is 25.1 Å². The summed E-state index contributed by atoms with van der Waals surface area (Å²) in [6.45, 7) is 3.46. The van der Waals surface area contributed by atoms with Gasteiger partial charge in [-0.05, 0) is 13.8 Å². The maximum Gasteiger partial charge on any atom is 0.335 e. The molecule has 0 bridgehead atoms. The average Bonchev–Trinajstić information content (AvgIpc) is 3.09. The first-order valence-electron chi connectivity index (χ1n) is 7.04. The molecule has 2 aromatic rings. The number of fused-ring (bicyclic) bond motifs is 2. The largest absolute Gasteiger partial charge is 0.479 e. The Morgan fingerprint density at radius 1 is 1.30 bits per heavy atom. The van der Waals surface area contributed by atoms with E-state index >= 15 is 0 Å². The van der Waals surface area contributed by atoms with E-state index in [1.807, 2.05) is 0 Å². The van der Waals surface area contributed by atoms with Gasteiger partial charge in [0.1, 0.15) is 24.1 Å². The number of aromatic nitrogens is 4. The second kappa shape index (κ2) is 4.60. The summed E-state index contributed by atoms with van der Waals surface area (Å²) in [6, 6.07) is 0. The van der Waals surface area contributed by atoms with Gasteiger partial charge in [-0.3, -0.25) is 4.57 Å². The van der Waals surface area contributed by atoms with Crippen molar-refractivity contribution in [2.75, 3.05) is 5.73 Å². The molecule has 4 heterocycles. The van der Waals surface area contributed by atoms with E-state index in [-0.39, 0.29) is 5.82 Å². The Morgan fingerprint density at radius 3 is 2.78 bits per heavy atom. The van der Waals surface area contributed by atoms with E-state index in [4.69, 9.17) is 19.9 Å². The third-order valence-corrected chi connectivity index (χ3v) is 3.93. The summed E-state index contributed by atoms with van der Waals surface area (Å²) in [5, 5.41) is 9.37. The predicted octanol–water partition coefficient (Wildman–Crippen LogP) is -0.0894. The molecule has 2 aromatic heterocycles. The van der Waals surface area contributed by atoms with E-state index in [2.05, 4.69) is 15.0 Å². The third-order valence-electron chi connectivity index (χ3n) is 3.93. The van der Waals surface area contributed by atoms with Crippen molar-refractivity contribution in [3.8, 4) is 0 Å². The number of carboxylic acids is 1. The first-order valence-corrected chi connectivity index (χ1v) is 7.04. The summed E-state index contributed by atoms with van der Waals surface area (Å²) < 4.78 is 18.8. The topological polar surface area (TPSA) is 135 Å². The molecular weight excluding hydrogens is 306 g/mol. The van der Waals surface area contributed by atoms with E-state index in [1.54, 1.807) is 18.4 Å². The molecule has 3 unspecified atom stereocenters. The van der Waals surface area contributed by atoms with Gasteiger partial charge in [0.2, 0.25) is 0 Å². The van der Waals surface area contributed by atoms with Crippen LogP contribution in [0.1, 0.15) is 20.1 Å². The Bertz CT molecular complexity index is 790. The fraction of sp³-hybridized carbons (Fsp3) is 0.538. The van der Waals surface area contributed by atoms with Crippen molar-refractivity contribution in [3.05, 3.63) is 12.7 Å². The van der Waals surface area contributed by atoms with Crippen LogP contribution in [0.5, 0.6) is 0 Å². The summed E-state index contributed by atoms with van der Waals surface area (Å²) >= 11 is 0. The highest BCUT2D eigenvalue weighted by molar-refractivity contribution is 5.81. The quantitative estimate of drug-likeness (QED) is 0.777. The molecule has 3 N–H and O–H groups in total. The van der Waals surface area contributed by atoms with E-state index in [0.717, 1.165) is 0 Å². The molecule has 2 aliphatic heterocycles. The number of hydrogen-bond donors (Lipinski definition) is 2. The zero-order valence-electron chi connectivity index (χ0n) is 12.4. The second-order valence-electron chi connectivity index (χ2n) is 5.93. The fourth-order valence-electron chi connectivity index (χ4n) is 3.06. The van der Waals surface area contributed by atoms with Crippen LogP contribution in [-0.2, 0) is 19.0 Å². The highest BCUT2D eigenvalue weighted by Crippen LogP contribution is 2.43. The number of aliphatic carboxylic acids is 1. The van der Waals surface area contributed by atoms with Crippen molar-refractivity contribution in [2.45, 2.75) is 44.2 Å². The number of anilines is 1. The van der Waals surface area contributed by atoms with Gasteiger partial charge in [-0.15, -0.1) is 0 Å². The number of imidazole rings is 1. The molecule has 10 heteroatoms. The molecule has 0 aliphatic carbocycles. The van der Waals surface area contributed by atoms with Crippen molar-refractivity contribution >= 4 is 23.0 Å². The summed E-state index contributed by atoms with van der Waals surface area (Å²) in [7, 11) is 0. The molecule has 0 amide bonds. The molecule has 4 atom stereocenters. The minimum atomic E-state index is -1.14. The van der Waals surface area contributed by atoms with Gasteiger partial charge in [-0.1, -0.05) is 0 Å². The van der Waals surface area contributed by atoms with Gasteiger partial charge in [0.05, 0.1) is 6.33 Å². The number of nitrogens with zero attached hydrogens (tertiary/aromatic N) is 4. The standard InChI is InChI=1S/C13H15N5O5/c1-13(2)22-6-7(23-13)11(21-8(6)12(19)20)18-4-17-5-9(14)15-3-16-10(5)18/h3-4,6-8,11H,1-2H3,(H,19,20)(H2,14,15,16)/t6?,7?,8?,11-/m1/s1. The van der Waals surface area contributed by atoms with Gasteiger partial charge in [-0.25, -0.2) is 19.7 Å². The van der Waals surface area contributed by atoms with E-state index in [9.17, 15) is 9.90 Å². The highest BCUT2D eigenvalue weighted by atomic mass is 16.8. The molecule has 0 spiro atoms. The Kier molecular flexibility index (Phi) is 2.86. The molecule has 2 saturated heterocycles. The fourth-order valence-corrected chi connectivity index (χ4v) is 3.06. The monoisotopic (exact) mass is 321 g/mol. The molecule has 2 fully saturated rings. The van der Waals surface area contributed by atoms with Crippen LogP contribution in [-0.4, -0.2) is 54.7 Å². The van der Waals surface area contributed by atoms with Gasteiger partial charge in [0.15, 0.2) is 29.6 Å². The van der Waals surface area contributed by atoms with Crippen LogP contribution in [0.2, 0.25) is 0 Å². The van der Waals surface area contributed by atoms with Gasteiger partial charge >= 0.3 is 5.97 Å². The lowest BCUT2D eigenvalue weighted by Crippen LogP contribution is -2.35. The Hall–Kier alpha value is -2.30. The molecule has 0 radical (unpaired) electrons. The number of nitrogens with two attached hydrogens (primary N) is 1. The third kappa shape index (κ3) is 2.06. The smallest absolute Gasteiger partial charge is 0.335 e. The molecule has 0 aromatic carbocycles. The van der Waals surface area contributed by atoms with Crippen LogP contribution in [0, 0.1) is 0 Å². The lowest BCUT2D eigenvalue weighted by molar-refractivity contribution is -0.202. The van der Waals surface area contributed by atoms with Crippen molar-refractivity contribution in [1.29, 1.82) is 0 Å². The normalized spacial score (nSPS) is 32.3. The van der Waals surface area contributed by atoms with Crippen LogP contribution < -0.4 is 5.73 Å². The van der Waals surface area contributed by atoms with Crippen molar-refractivity contribution < 1.29 is 24.1 Å². The van der Waals surface area contributed by atoms with Crippen molar-refractivity contribution in [3.63, 3.8) is 0 Å². The summed E-state index contributed by atoms with van der Waals surface area (Å²) in [4.78, 5) is 23.7. The minimum Gasteiger partial charge on any atom is -0.479 e. The Balaban J connectivity index is 1.78. The van der Waals surface area contributed by atoms with Crippen LogP contribution >= 0.6 is 0 Å². The predicted molar refractivity (Wildman–Crippen MR) is 75.1 cm³/mol. The maximum absolute atomic E-state index is 11.5. The lowest BCUT2D eigenvalue weighted by Gasteiger charge is -2.23. The first-order chi connectivity index (χ1) is 10.9. The lowest BCUT2D eigenvalue weighted by atomic mass is 10.1. The zero-order valence-corrected chi connectivity index (χ0v) is 12.4. The molecule has 23 heavy (non-hydrogen) atoms. The number of carboxylic acid groups (broad SMARTS) is 1. The number of rotatable bonds is 2. The maximum atomic E-state index is 11.5. The summed E-state index contributed by atoms with van der Waals surface area (Å²) in [5.41, 5.74) is 6.64. The second-order valence-corrected chi connectivity index (χ2v) is 5.93. The Morgan fingerprint density at radius 2 is 2.04 bits per heavy atom. The molecule has 10 nitrogen and oxygen atoms in total. The van der Waals surface area contributed by atoms with Crippen LogP contribution in [0.4, 0.5) is 5.82 Å². The van der Waals surface area contributed by atoms with E-state index < -0.39 is 36.3 Å². The number of nitrogen functional groups attached to an aromatic ring is 1. The minimum absolute atomic E-state index is 0.238. The molecule has 0 saturated carbocycles. The van der Waals surface area contributed by atoms with E-state index in [0.29, 0.717) is 11.2 Å². The van der Waals surface area contributed by atoms with Crippen LogP contribution in [0.15, 0.2) is 12.7 Å². The molecule has 4 rings (SSSR count). The number of hydrogen-bond acceptors (Lipinski definition) is 8. The van der Waals surface area contributed by atoms with Gasteiger partial charge in [-0.2, -0.15) is 0 Å². The first kappa shape index (κ1) is 14.3. The number of carbonyl (C=O) groups is 1. The SMILES string of the molecule is CC1(C)OC2C(C(=O)O)O[C@@H](n3cnc4c(N)ncnc43)C2O1. The van der Waals surface area contributed by atoms with Crippen LogP contribution in [0.3, 0.4) is 0 Å². The van der Waals surface area contributed by atoms with Gasteiger partial charge in [0.25, 0.3) is 0 Å². The molecule has 2 aliphatic rings. The van der Waals surface area contributed by atoms with Crippen molar-refractivity contribution in [2.24, 2.45) is 0 Å². The van der Waals surface area contributed by atoms with Crippen LogP contribution in [0.25, 0.3) is 11.2 Å². The van der Waals surface area contributed by atoms with Crippen molar-refractivity contribution in [1.82, 2.24) is 19.5 Å². The van der Waals surface area contributed by atoms with E-state index in [1.165, 1.54) is 12.7 Å². The Labute approximate surface area is 130 Å². The number of ether oxygens (including phenoxy) is 3. The molecular formula is C13H15N5O5. The molecule has 122 valence electrons. The summed E-state index contributed by atoms with van der Waals surface area (Å²) in [6.07, 6.45) is -0.391. The zero-order chi connectivity index (χ0) is 16.4. The van der Waals surface area contributed by atoms with Gasteiger partial charge in [0, 0.05) is 0 Å².